The Labute approximate surface area is 174 Å². The fraction of sp³-hybridized carbons (Fsp3) is 0.318. The lowest BCUT2D eigenvalue weighted by atomic mass is 10.0. The number of likely N-dealkylation sites (tertiary alicyclic amines) is 1. The molecule has 0 bridgehead atoms. The molecule has 8 nitrogen and oxygen atoms in total. The summed E-state index contributed by atoms with van der Waals surface area (Å²) in [5.41, 5.74) is 2.63. The number of hydrogen-bond acceptors (Lipinski definition) is 5. The van der Waals surface area contributed by atoms with E-state index in [2.05, 4.69) is 4.98 Å². The molecule has 1 atom stereocenters. The largest absolute Gasteiger partial charge is 0.505 e. The standard InChI is InChI=1S/C22H24N4O4/c1-13-7-5-9-25-17(14(2)23-21(13)25)19(27)16-18(15-8-6-12-30-15)26(11-10-24(3)4)22(29)20(16)28/h5-9,12,18,27H,10-11H2,1-4H3/p+1/t18-/m0/s1. The van der Waals surface area contributed by atoms with E-state index >= 15 is 0 Å². The number of Topliss-reactive ketones (excluding diaryl/α,β-unsaturated/α-hetero) is 1. The highest BCUT2D eigenvalue weighted by atomic mass is 16.3. The number of furan rings is 1. The van der Waals surface area contributed by atoms with Crippen molar-refractivity contribution in [2.45, 2.75) is 19.9 Å². The smallest absolute Gasteiger partial charge is 0.295 e. The van der Waals surface area contributed by atoms with Crippen molar-refractivity contribution in [1.82, 2.24) is 14.3 Å². The first-order valence-electron chi connectivity index (χ1n) is 9.86. The fourth-order valence-electron chi connectivity index (χ4n) is 3.93. The molecule has 1 aliphatic heterocycles. The number of carbonyl (C=O) groups is 2. The highest BCUT2D eigenvalue weighted by Crippen LogP contribution is 2.39. The second kappa shape index (κ2) is 7.46. The lowest BCUT2D eigenvalue weighted by molar-refractivity contribution is -0.857. The van der Waals surface area contributed by atoms with Gasteiger partial charge in [0, 0.05) is 6.20 Å². The Bertz CT molecular complexity index is 1160. The molecule has 0 unspecified atom stereocenters. The van der Waals surface area contributed by atoms with Gasteiger partial charge in [0.15, 0.2) is 5.76 Å². The molecule has 1 fully saturated rings. The number of ketones is 1. The van der Waals surface area contributed by atoms with Gasteiger partial charge >= 0.3 is 0 Å². The van der Waals surface area contributed by atoms with Crippen molar-refractivity contribution in [2.75, 3.05) is 27.2 Å². The van der Waals surface area contributed by atoms with Gasteiger partial charge in [0.05, 0.1) is 44.7 Å². The predicted octanol–water partition coefficient (Wildman–Crippen LogP) is 1.11. The zero-order chi connectivity index (χ0) is 21.6. The summed E-state index contributed by atoms with van der Waals surface area (Å²) in [6, 6.07) is 6.41. The van der Waals surface area contributed by atoms with E-state index in [1.807, 2.05) is 33.2 Å². The van der Waals surface area contributed by atoms with Crippen LogP contribution in [0.1, 0.15) is 28.8 Å². The third kappa shape index (κ3) is 3.09. The second-order valence-corrected chi connectivity index (χ2v) is 7.90. The number of nitrogens with zero attached hydrogens (tertiary/aromatic N) is 3. The molecule has 8 heteroatoms. The van der Waals surface area contributed by atoms with Gasteiger partial charge in [-0.15, -0.1) is 0 Å². The molecule has 0 spiro atoms. The molecule has 4 rings (SSSR count). The van der Waals surface area contributed by atoms with Crippen LogP contribution in [-0.2, 0) is 9.59 Å². The molecule has 0 radical (unpaired) electrons. The maximum absolute atomic E-state index is 13.0. The van der Waals surface area contributed by atoms with E-state index in [0.29, 0.717) is 35.9 Å². The molecule has 0 aliphatic carbocycles. The van der Waals surface area contributed by atoms with E-state index in [1.165, 1.54) is 11.2 Å². The summed E-state index contributed by atoms with van der Waals surface area (Å²) < 4.78 is 7.31. The van der Waals surface area contributed by atoms with E-state index in [1.54, 1.807) is 29.7 Å². The van der Waals surface area contributed by atoms with Crippen molar-refractivity contribution in [3.8, 4) is 0 Å². The molecule has 0 saturated carbocycles. The SMILES string of the molecule is Cc1nc2c(C)cccn2c1C(O)=C1C(=O)C(=O)N(CC[NH+](C)C)[C@H]1c1ccco1. The van der Waals surface area contributed by atoms with Crippen molar-refractivity contribution in [3.63, 3.8) is 0 Å². The molecular weight excluding hydrogens is 384 g/mol. The number of aliphatic hydroxyl groups is 1. The van der Waals surface area contributed by atoms with Crippen LogP contribution < -0.4 is 4.90 Å². The second-order valence-electron chi connectivity index (χ2n) is 7.90. The van der Waals surface area contributed by atoms with Crippen LogP contribution in [0, 0.1) is 13.8 Å². The highest BCUT2D eigenvalue weighted by molar-refractivity contribution is 6.46. The summed E-state index contributed by atoms with van der Waals surface area (Å²) in [4.78, 5) is 33.1. The van der Waals surface area contributed by atoms with Crippen LogP contribution in [0.3, 0.4) is 0 Å². The van der Waals surface area contributed by atoms with Gasteiger partial charge in [0.1, 0.15) is 23.1 Å². The molecule has 0 aromatic carbocycles. The third-order valence-electron chi connectivity index (χ3n) is 5.45. The Morgan fingerprint density at radius 1 is 1.23 bits per heavy atom. The molecule has 1 saturated heterocycles. The van der Waals surface area contributed by atoms with Gasteiger partial charge in [0.2, 0.25) is 0 Å². The molecule has 4 heterocycles. The monoisotopic (exact) mass is 409 g/mol. The van der Waals surface area contributed by atoms with E-state index in [4.69, 9.17) is 4.42 Å². The summed E-state index contributed by atoms with van der Waals surface area (Å²) in [7, 11) is 3.95. The number of quaternary nitrogens is 1. The number of rotatable bonds is 5. The van der Waals surface area contributed by atoms with Gasteiger partial charge in [-0.25, -0.2) is 4.98 Å². The lowest BCUT2D eigenvalue weighted by Gasteiger charge is -2.23. The maximum atomic E-state index is 13.0. The van der Waals surface area contributed by atoms with Crippen molar-refractivity contribution in [1.29, 1.82) is 0 Å². The summed E-state index contributed by atoms with van der Waals surface area (Å²) >= 11 is 0. The van der Waals surface area contributed by atoms with Gasteiger partial charge in [0.25, 0.3) is 11.7 Å². The van der Waals surface area contributed by atoms with Crippen molar-refractivity contribution >= 4 is 23.1 Å². The Hall–Kier alpha value is -3.39. The predicted molar refractivity (Wildman–Crippen MR) is 110 cm³/mol. The van der Waals surface area contributed by atoms with Gasteiger partial charge < -0.3 is 19.3 Å². The lowest BCUT2D eigenvalue weighted by Crippen LogP contribution is -3.06. The quantitative estimate of drug-likeness (QED) is 0.374. The molecule has 156 valence electrons. The van der Waals surface area contributed by atoms with E-state index < -0.39 is 17.7 Å². The minimum absolute atomic E-state index is 0.0233. The number of aliphatic hydroxyl groups excluding tert-OH is 1. The minimum atomic E-state index is -0.783. The molecule has 30 heavy (non-hydrogen) atoms. The van der Waals surface area contributed by atoms with Crippen LogP contribution in [0.15, 0.2) is 46.7 Å². The fourth-order valence-corrected chi connectivity index (χ4v) is 3.93. The maximum Gasteiger partial charge on any atom is 0.295 e. The number of pyridine rings is 1. The molecular formula is C22H25N4O4+. The Morgan fingerprint density at radius 2 is 2.00 bits per heavy atom. The van der Waals surface area contributed by atoms with Crippen LogP contribution in [-0.4, -0.2) is 58.3 Å². The number of imidazole rings is 1. The van der Waals surface area contributed by atoms with E-state index in [0.717, 1.165) is 10.5 Å². The molecule has 1 aliphatic rings. The van der Waals surface area contributed by atoms with Crippen molar-refractivity contribution in [2.24, 2.45) is 0 Å². The number of amides is 1. The molecule has 3 aromatic rings. The first-order chi connectivity index (χ1) is 14.3. The Kier molecular flexibility index (Phi) is 4.95. The molecule has 3 aromatic heterocycles. The van der Waals surface area contributed by atoms with Crippen LogP contribution in [0.4, 0.5) is 0 Å². The number of aryl methyl sites for hydroxylation is 2. The van der Waals surface area contributed by atoms with Crippen LogP contribution in [0.5, 0.6) is 0 Å². The van der Waals surface area contributed by atoms with Gasteiger partial charge in [-0.2, -0.15) is 0 Å². The Morgan fingerprint density at radius 3 is 2.67 bits per heavy atom. The van der Waals surface area contributed by atoms with Crippen LogP contribution in [0.25, 0.3) is 11.4 Å². The zero-order valence-electron chi connectivity index (χ0n) is 17.5. The van der Waals surface area contributed by atoms with Crippen LogP contribution in [0.2, 0.25) is 0 Å². The zero-order valence-corrected chi connectivity index (χ0v) is 17.5. The number of nitrogens with one attached hydrogen (secondary N) is 1. The number of fused-ring (bicyclic) bond motifs is 1. The number of carbonyl (C=O) groups excluding carboxylic acids is 2. The van der Waals surface area contributed by atoms with Gasteiger partial charge in [-0.05, 0) is 37.6 Å². The molecule has 2 N–H and O–H groups in total. The summed E-state index contributed by atoms with van der Waals surface area (Å²) in [5, 5.41) is 11.3. The highest BCUT2D eigenvalue weighted by Gasteiger charge is 2.48. The first kappa shape index (κ1) is 19.9. The average molecular weight is 409 g/mol. The van der Waals surface area contributed by atoms with Gasteiger partial charge in [-0.3, -0.25) is 14.0 Å². The third-order valence-corrected chi connectivity index (χ3v) is 5.45. The average Bonchev–Trinajstić information content (AvgIpc) is 3.38. The van der Waals surface area contributed by atoms with E-state index in [-0.39, 0.29) is 11.3 Å². The van der Waals surface area contributed by atoms with Crippen LogP contribution >= 0.6 is 0 Å². The summed E-state index contributed by atoms with van der Waals surface area (Å²) in [6.07, 6.45) is 3.28. The van der Waals surface area contributed by atoms with Crippen molar-refractivity contribution < 1.29 is 24.0 Å². The molecule has 1 amide bonds. The van der Waals surface area contributed by atoms with E-state index in [9.17, 15) is 14.7 Å². The van der Waals surface area contributed by atoms with Crippen molar-refractivity contribution in [3.05, 3.63) is 65.0 Å². The van der Waals surface area contributed by atoms with Gasteiger partial charge in [-0.1, -0.05) is 6.07 Å². The minimum Gasteiger partial charge on any atom is -0.505 e. The summed E-state index contributed by atoms with van der Waals surface area (Å²) in [5.74, 6) is -1.16. The number of hydrogen-bond donors (Lipinski definition) is 2. The number of aromatic nitrogens is 2. The Balaban J connectivity index is 1.92. The summed E-state index contributed by atoms with van der Waals surface area (Å²) in [6.45, 7) is 4.71. The number of likely N-dealkylation sites (N-methyl/N-ethyl adjacent to an activating group) is 1. The topological polar surface area (TPSA) is 92.5 Å². The first-order valence-corrected chi connectivity index (χ1v) is 9.86. The normalized spacial score (nSPS) is 18.8.